The number of hydrogen-bond donors (Lipinski definition) is 3. The monoisotopic (exact) mass is 306 g/mol. The van der Waals surface area contributed by atoms with Crippen LogP contribution < -0.4 is 10.6 Å². The second-order valence-corrected chi connectivity index (χ2v) is 6.99. The summed E-state index contributed by atoms with van der Waals surface area (Å²) < 4.78 is 5.45. The summed E-state index contributed by atoms with van der Waals surface area (Å²) in [4.78, 5) is 12.2. The molecule has 2 aliphatic rings. The fraction of sp³-hybridized carbons (Fsp3) is 0.706. The molecule has 0 spiro atoms. The molecule has 1 heterocycles. The summed E-state index contributed by atoms with van der Waals surface area (Å²) >= 11 is 0. The largest absolute Gasteiger partial charge is 0.469 e. The van der Waals surface area contributed by atoms with Crippen molar-refractivity contribution in [2.45, 2.75) is 64.0 Å². The number of fused-ring (bicyclic) bond motifs is 1. The van der Waals surface area contributed by atoms with Crippen LogP contribution in [0.1, 0.15) is 62.8 Å². The van der Waals surface area contributed by atoms with E-state index in [1.807, 2.05) is 6.07 Å². The number of furan rings is 1. The lowest BCUT2D eigenvalue weighted by atomic mass is 9.73. The van der Waals surface area contributed by atoms with Gasteiger partial charge in [0.25, 0.3) is 0 Å². The van der Waals surface area contributed by atoms with E-state index in [1.54, 1.807) is 6.26 Å². The van der Waals surface area contributed by atoms with Crippen molar-refractivity contribution >= 4 is 6.03 Å². The molecule has 3 atom stereocenters. The van der Waals surface area contributed by atoms with Gasteiger partial charge in [0.2, 0.25) is 0 Å². The standard InChI is InChI=1S/C17H26N2O3/c1-17(9-3-2-7-15(17)20)11-18-16(21)19-13-5-4-6-14-12(13)8-10-22-14/h8,10,13,15,20H,2-7,9,11H2,1H3,(H2,18,19,21). The third-order valence-electron chi connectivity index (χ3n) is 5.29. The molecular formula is C17H26N2O3. The van der Waals surface area contributed by atoms with Crippen LogP contribution in [0.4, 0.5) is 4.79 Å². The van der Waals surface area contributed by atoms with Crippen molar-refractivity contribution in [1.29, 1.82) is 0 Å². The minimum Gasteiger partial charge on any atom is -0.469 e. The van der Waals surface area contributed by atoms with Crippen LogP contribution in [0, 0.1) is 5.41 Å². The molecule has 3 rings (SSSR count). The van der Waals surface area contributed by atoms with Gasteiger partial charge >= 0.3 is 6.03 Å². The Bertz CT molecular complexity index is 528. The lowest BCUT2D eigenvalue weighted by Gasteiger charge is -2.38. The van der Waals surface area contributed by atoms with Gasteiger partial charge in [-0.05, 0) is 31.7 Å². The molecule has 2 amide bonds. The van der Waals surface area contributed by atoms with E-state index >= 15 is 0 Å². The van der Waals surface area contributed by atoms with E-state index < -0.39 is 0 Å². The van der Waals surface area contributed by atoms with Crippen LogP contribution >= 0.6 is 0 Å². The van der Waals surface area contributed by atoms with E-state index in [9.17, 15) is 9.90 Å². The van der Waals surface area contributed by atoms with E-state index in [1.165, 1.54) is 0 Å². The topological polar surface area (TPSA) is 74.5 Å². The molecular weight excluding hydrogens is 280 g/mol. The van der Waals surface area contributed by atoms with Crippen LogP contribution in [0.3, 0.4) is 0 Å². The quantitative estimate of drug-likeness (QED) is 0.804. The van der Waals surface area contributed by atoms with Crippen molar-refractivity contribution < 1.29 is 14.3 Å². The minimum atomic E-state index is -0.322. The van der Waals surface area contributed by atoms with Crippen LogP contribution in [0.15, 0.2) is 16.7 Å². The molecule has 0 radical (unpaired) electrons. The molecule has 0 aromatic carbocycles. The normalized spacial score (nSPS) is 31.4. The zero-order chi connectivity index (χ0) is 15.6. The smallest absolute Gasteiger partial charge is 0.315 e. The molecule has 2 aliphatic carbocycles. The van der Waals surface area contributed by atoms with Gasteiger partial charge in [0, 0.05) is 23.9 Å². The zero-order valence-corrected chi connectivity index (χ0v) is 13.2. The predicted molar refractivity (Wildman–Crippen MR) is 83.5 cm³/mol. The Hall–Kier alpha value is -1.49. The van der Waals surface area contributed by atoms with Gasteiger partial charge < -0.3 is 20.2 Å². The van der Waals surface area contributed by atoms with E-state index in [-0.39, 0.29) is 23.6 Å². The molecule has 1 aromatic heterocycles. The average molecular weight is 306 g/mol. The van der Waals surface area contributed by atoms with Crippen molar-refractivity contribution in [3.63, 3.8) is 0 Å². The third-order valence-corrected chi connectivity index (χ3v) is 5.29. The molecule has 0 saturated heterocycles. The Labute approximate surface area is 131 Å². The van der Waals surface area contributed by atoms with Crippen LogP contribution in [0.2, 0.25) is 0 Å². The first-order valence-corrected chi connectivity index (χ1v) is 8.37. The SMILES string of the molecule is CC1(CNC(=O)NC2CCCc3occc32)CCCCC1O. The summed E-state index contributed by atoms with van der Waals surface area (Å²) in [6.45, 7) is 2.58. The van der Waals surface area contributed by atoms with E-state index in [4.69, 9.17) is 4.42 Å². The number of hydrogen-bond acceptors (Lipinski definition) is 3. The van der Waals surface area contributed by atoms with Gasteiger partial charge in [-0.25, -0.2) is 4.79 Å². The lowest BCUT2D eigenvalue weighted by Crippen LogP contribution is -2.48. The number of aliphatic hydroxyl groups is 1. The highest BCUT2D eigenvalue weighted by Gasteiger charge is 2.35. The maximum atomic E-state index is 12.2. The molecule has 5 nitrogen and oxygen atoms in total. The number of urea groups is 1. The summed E-state index contributed by atoms with van der Waals surface area (Å²) in [5.74, 6) is 0.992. The number of nitrogens with one attached hydrogen (secondary N) is 2. The van der Waals surface area contributed by atoms with E-state index in [0.717, 1.165) is 56.3 Å². The number of amides is 2. The second kappa shape index (κ2) is 6.32. The van der Waals surface area contributed by atoms with Gasteiger partial charge in [0.05, 0.1) is 18.4 Å². The molecule has 0 aliphatic heterocycles. The predicted octanol–water partition coefficient (Wildman–Crippen LogP) is 2.90. The van der Waals surface area contributed by atoms with Crippen LogP contribution in [0.5, 0.6) is 0 Å². The summed E-state index contributed by atoms with van der Waals surface area (Å²) in [6.07, 6.45) is 8.30. The molecule has 3 N–H and O–H groups in total. The molecule has 5 heteroatoms. The summed E-state index contributed by atoms with van der Waals surface area (Å²) in [6, 6.07) is 1.83. The Morgan fingerprint density at radius 1 is 1.41 bits per heavy atom. The van der Waals surface area contributed by atoms with Crippen molar-refractivity contribution in [2.24, 2.45) is 5.41 Å². The van der Waals surface area contributed by atoms with Crippen molar-refractivity contribution in [3.8, 4) is 0 Å². The number of carbonyl (C=O) groups excluding carboxylic acids is 1. The van der Waals surface area contributed by atoms with Crippen LogP contribution in [0.25, 0.3) is 0 Å². The van der Waals surface area contributed by atoms with Gasteiger partial charge in [-0.15, -0.1) is 0 Å². The van der Waals surface area contributed by atoms with Gasteiger partial charge in [0.1, 0.15) is 5.76 Å². The average Bonchev–Trinajstić information content (AvgIpc) is 2.98. The van der Waals surface area contributed by atoms with Crippen molar-refractivity contribution in [2.75, 3.05) is 6.54 Å². The van der Waals surface area contributed by atoms with Crippen LogP contribution in [-0.4, -0.2) is 23.8 Å². The number of aryl methyl sites for hydroxylation is 1. The highest BCUT2D eigenvalue weighted by atomic mass is 16.3. The minimum absolute atomic E-state index is 0.0339. The molecule has 22 heavy (non-hydrogen) atoms. The third kappa shape index (κ3) is 3.14. The van der Waals surface area contributed by atoms with Gasteiger partial charge in [-0.2, -0.15) is 0 Å². The second-order valence-electron chi connectivity index (χ2n) is 6.99. The Morgan fingerprint density at radius 3 is 3.09 bits per heavy atom. The highest BCUT2D eigenvalue weighted by molar-refractivity contribution is 5.74. The van der Waals surface area contributed by atoms with Gasteiger partial charge in [-0.3, -0.25) is 0 Å². The van der Waals surface area contributed by atoms with E-state index in [2.05, 4.69) is 17.6 Å². The molecule has 1 aromatic rings. The molecule has 122 valence electrons. The summed E-state index contributed by atoms with van der Waals surface area (Å²) in [5, 5.41) is 16.2. The number of rotatable bonds is 3. The summed E-state index contributed by atoms with van der Waals surface area (Å²) in [5.41, 5.74) is 0.897. The van der Waals surface area contributed by atoms with Gasteiger partial charge in [-0.1, -0.05) is 19.8 Å². The maximum Gasteiger partial charge on any atom is 0.315 e. The molecule has 1 saturated carbocycles. The van der Waals surface area contributed by atoms with Crippen molar-refractivity contribution in [1.82, 2.24) is 10.6 Å². The number of aliphatic hydroxyl groups excluding tert-OH is 1. The fourth-order valence-electron chi connectivity index (χ4n) is 3.72. The molecule has 0 bridgehead atoms. The summed E-state index contributed by atoms with van der Waals surface area (Å²) in [7, 11) is 0. The van der Waals surface area contributed by atoms with Gasteiger partial charge in [0.15, 0.2) is 0 Å². The lowest BCUT2D eigenvalue weighted by molar-refractivity contribution is 0.00304. The van der Waals surface area contributed by atoms with Crippen LogP contribution in [-0.2, 0) is 6.42 Å². The first-order valence-electron chi connectivity index (χ1n) is 8.37. The highest BCUT2D eigenvalue weighted by Crippen LogP contribution is 2.35. The zero-order valence-electron chi connectivity index (χ0n) is 13.2. The Morgan fingerprint density at radius 2 is 2.27 bits per heavy atom. The first-order chi connectivity index (χ1) is 10.6. The first kappa shape index (κ1) is 15.4. The van der Waals surface area contributed by atoms with Crippen molar-refractivity contribution in [3.05, 3.63) is 23.7 Å². The number of carbonyl (C=O) groups is 1. The maximum absolute atomic E-state index is 12.2. The fourth-order valence-corrected chi connectivity index (χ4v) is 3.72. The van der Waals surface area contributed by atoms with E-state index in [0.29, 0.717) is 6.54 Å². The Kier molecular flexibility index (Phi) is 4.43. The molecule has 1 fully saturated rings. The molecule has 3 unspecified atom stereocenters. The Balaban J connectivity index is 1.53.